The number of carbonyl (C=O) groups excluding carboxylic acids is 1. The molecule has 0 aliphatic carbocycles. The third-order valence-corrected chi connectivity index (χ3v) is 3.91. The number of nitrogens with two attached hydrogens (primary N) is 1. The van der Waals surface area contributed by atoms with Crippen molar-refractivity contribution < 1.29 is 23.6 Å². The highest BCUT2D eigenvalue weighted by Gasteiger charge is 2.20. The Balaban J connectivity index is 1.79. The molecule has 3 rings (SSSR count). The summed E-state index contributed by atoms with van der Waals surface area (Å²) < 4.78 is 21.6. The highest BCUT2D eigenvalue weighted by atomic mass is 16.6. The van der Waals surface area contributed by atoms with Crippen LogP contribution in [0.15, 0.2) is 21.9 Å². The molecule has 0 saturated carbocycles. The summed E-state index contributed by atoms with van der Waals surface area (Å²) in [7, 11) is 4.53. The number of aromatic nitrogens is 5. The van der Waals surface area contributed by atoms with Crippen molar-refractivity contribution in [3.05, 3.63) is 29.1 Å². The lowest BCUT2D eigenvalue weighted by Crippen LogP contribution is -2.19. The van der Waals surface area contributed by atoms with E-state index in [4.69, 9.17) is 19.9 Å². The quantitative estimate of drug-likeness (QED) is 0.415. The second kappa shape index (κ2) is 8.24. The average molecular weight is 402 g/mol. The number of nitrogens with zero attached hydrogens (tertiary/aromatic N) is 6. The molecule has 2 heterocycles. The molecule has 0 aliphatic heterocycles. The molecule has 13 nitrogen and oxygen atoms in total. The van der Waals surface area contributed by atoms with Gasteiger partial charge < -0.3 is 19.9 Å². The summed E-state index contributed by atoms with van der Waals surface area (Å²) in [6, 6.07) is 3.31. The molecule has 152 valence electrons. The van der Waals surface area contributed by atoms with Gasteiger partial charge in [0.25, 0.3) is 5.91 Å². The summed E-state index contributed by atoms with van der Waals surface area (Å²) in [6.07, 6.45) is 1.40. The lowest BCUT2D eigenvalue weighted by molar-refractivity contribution is 0.0949. The van der Waals surface area contributed by atoms with Gasteiger partial charge in [0, 0.05) is 11.6 Å². The number of hydrazone groups is 1. The van der Waals surface area contributed by atoms with E-state index in [0.29, 0.717) is 28.5 Å². The minimum atomic E-state index is -0.584. The van der Waals surface area contributed by atoms with Gasteiger partial charge in [0.1, 0.15) is 5.75 Å². The highest BCUT2D eigenvalue weighted by Crippen LogP contribution is 2.33. The van der Waals surface area contributed by atoms with Crippen LogP contribution in [0.4, 0.5) is 5.82 Å². The molecule has 3 aromatic rings. The fourth-order valence-electron chi connectivity index (χ4n) is 2.45. The van der Waals surface area contributed by atoms with Crippen molar-refractivity contribution in [2.45, 2.75) is 6.92 Å². The summed E-state index contributed by atoms with van der Waals surface area (Å²) in [5.41, 5.74) is 8.98. The number of ether oxygens (including phenoxy) is 3. The van der Waals surface area contributed by atoms with Gasteiger partial charge in [0.15, 0.2) is 17.2 Å². The number of benzene rings is 1. The maximum Gasteiger partial charge on any atom is 0.293 e. The van der Waals surface area contributed by atoms with Crippen LogP contribution in [0, 0.1) is 6.92 Å². The molecule has 0 atom stereocenters. The first-order chi connectivity index (χ1) is 14.0. The molecule has 3 N–H and O–H groups in total. The van der Waals surface area contributed by atoms with E-state index in [1.165, 1.54) is 32.2 Å². The summed E-state index contributed by atoms with van der Waals surface area (Å²) in [5, 5.41) is 18.7. The Hall–Kier alpha value is -4.16. The van der Waals surface area contributed by atoms with Crippen LogP contribution in [0.1, 0.15) is 21.7 Å². The molecular formula is C16H18N8O5. The van der Waals surface area contributed by atoms with E-state index in [1.807, 2.05) is 0 Å². The first-order valence-corrected chi connectivity index (χ1v) is 8.14. The van der Waals surface area contributed by atoms with Crippen molar-refractivity contribution >= 4 is 17.9 Å². The van der Waals surface area contributed by atoms with Crippen molar-refractivity contribution in [1.82, 2.24) is 30.7 Å². The molecule has 29 heavy (non-hydrogen) atoms. The van der Waals surface area contributed by atoms with Crippen LogP contribution in [0.5, 0.6) is 17.2 Å². The van der Waals surface area contributed by atoms with E-state index in [-0.39, 0.29) is 17.3 Å². The minimum Gasteiger partial charge on any atom is -0.496 e. The molecule has 13 heteroatoms. The van der Waals surface area contributed by atoms with Gasteiger partial charge in [-0.2, -0.15) is 9.78 Å². The molecule has 2 aromatic heterocycles. The summed E-state index contributed by atoms with van der Waals surface area (Å²) in [4.78, 5) is 12.4. The van der Waals surface area contributed by atoms with Gasteiger partial charge in [-0.1, -0.05) is 5.21 Å². The number of methoxy groups -OCH3 is 3. The van der Waals surface area contributed by atoms with E-state index in [1.54, 1.807) is 19.1 Å². The van der Waals surface area contributed by atoms with E-state index >= 15 is 0 Å². The molecule has 0 fully saturated rings. The number of rotatable bonds is 7. The van der Waals surface area contributed by atoms with Crippen molar-refractivity contribution in [3.63, 3.8) is 0 Å². The third-order valence-electron chi connectivity index (χ3n) is 3.91. The minimum absolute atomic E-state index is 0.0172. The van der Waals surface area contributed by atoms with E-state index in [2.05, 4.69) is 35.8 Å². The van der Waals surface area contributed by atoms with Gasteiger partial charge in [-0.15, -0.1) is 5.10 Å². The maximum atomic E-state index is 12.4. The topological polar surface area (TPSA) is 165 Å². The summed E-state index contributed by atoms with van der Waals surface area (Å²) in [6.45, 7) is 1.62. The van der Waals surface area contributed by atoms with Crippen molar-refractivity contribution in [1.29, 1.82) is 0 Å². The Morgan fingerprint density at radius 1 is 1.17 bits per heavy atom. The smallest absolute Gasteiger partial charge is 0.293 e. The van der Waals surface area contributed by atoms with Crippen LogP contribution in [-0.4, -0.2) is 58.8 Å². The predicted molar refractivity (Wildman–Crippen MR) is 99.5 cm³/mol. The first-order valence-electron chi connectivity index (χ1n) is 8.14. The van der Waals surface area contributed by atoms with Crippen LogP contribution in [0.2, 0.25) is 0 Å². The zero-order valence-corrected chi connectivity index (χ0v) is 16.0. The van der Waals surface area contributed by atoms with Crippen LogP contribution in [0.3, 0.4) is 0 Å². The van der Waals surface area contributed by atoms with E-state index in [0.717, 1.165) is 0 Å². The van der Waals surface area contributed by atoms with Gasteiger partial charge in [-0.05, 0) is 23.3 Å². The second-order valence-corrected chi connectivity index (χ2v) is 5.56. The number of hydrogen-bond acceptors (Lipinski definition) is 11. The summed E-state index contributed by atoms with van der Waals surface area (Å²) in [5.74, 6) is 1.03. The van der Waals surface area contributed by atoms with Crippen molar-refractivity contribution in [2.75, 3.05) is 27.1 Å². The second-order valence-electron chi connectivity index (χ2n) is 5.56. The molecule has 0 unspecified atom stereocenters. The fraction of sp³-hybridized carbons (Fsp3) is 0.250. The fourth-order valence-corrected chi connectivity index (χ4v) is 2.45. The van der Waals surface area contributed by atoms with E-state index < -0.39 is 5.91 Å². The molecular weight excluding hydrogens is 384 g/mol. The lowest BCUT2D eigenvalue weighted by Gasteiger charge is -2.11. The van der Waals surface area contributed by atoms with Gasteiger partial charge >= 0.3 is 0 Å². The SMILES string of the molecule is COc1cc(OC)c(OC)cc1/C=N\NC(=O)c1nnn(-c2nonc2N)c1C. The predicted octanol–water partition coefficient (Wildman–Crippen LogP) is 0.331. The first kappa shape index (κ1) is 19.6. The Labute approximate surface area is 164 Å². The lowest BCUT2D eigenvalue weighted by atomic mass is 10.2. The maximum absolute atomic E-state index is 12.4. The largest absolute Gasteiger partial charge is 0.496 e. The Morgan fingerprint density at radius 2 is 1.86 bits per heavy atom. The third kappa shape index (κ3) is 3.78. The average Bonchev–Trinajstić information content (AvgIpc) is 3.32. The Kier molecular flexibility index (Phi) is 5.57. The molecule has 0 spiro atoms. The zero-order chi connectivity index (χ0) is 21.0. The molecule has 0 saturated heterocycles. The molecule has 0 radical (unpaired) electrons. The van der Waals surface area contributed by atoms with Gasteiger partial charge in [-0.25, -0.2) is 10.1 Å². The van der Waals surface area contributed by atoms with Crippen LogP contribution >= 0.6 is 0 Å². The Morgan fingerprint density at radius 3 is 2.48 bits per heavy atom. The van der Waals surface area contributed by atoms with Crippen LogP contribution < -0.4 is 25.4 Å². The zero-order valence-electron chi connectivity index (χ0n) is 16.0. The molecule has 1 amide bonds. The van der Waals surface area contributed by atoms with Gasteiger partial charge in [0.2, 0.25) is 11.6 Å². The number of hydrogen-bond donors (Lipinski definition) is 2. The standard InChI is InChI=1S/C16H18N8O5/c1-8-13(19-23-24(8)15-14(17)21-29-22-15)16(25)20-18-7-9-5-11(27-3)12(28-4)6-10(9)26-2/h5-7H,1-4H3,(H2,17,21)(H,20,25)/b18-7-. The normalized spacial score (nSPS) is 10.9. The number of amides is 1. The van der Waals surface area contributed by atoms with Crippen molar-refractivity contribution in [3.8, 4) is 23.1 Å². The molecule has 0 bridgehead atoms. The van der Waals surface area contributed by atoms with Crippen LogP contribution in [-0.2, 0) is 0 Å². The summed E-state index contributed by atoms with van der Waals surface area (Å²) >= 11 is 0. The van der Waals surface area contributed by atoms with Gasteiger partial charge in [-0.3, -0.25) is 4.79 Å². The van der Waals surface area contributed by atoms with Crippen LogP contribution in [0.25, 0.3) is 5.82 Å². The van der Waals surface area contributed by atoms with Gasteiger partial charge in [0.05, 0.1) is 33.2 Å². The number of nitrogens with one attached hydrogen (secondary N) is 1. The molecule has 1 aromatic carbocycles. The highest BCUT2D eigenvalue weighted by molar-refractivity contribution is 5.94. The molecule has 0 aliphatic rings. The number of nitrogen functional groups attached to an aromatic ring is 1. The van der Waals surface area contributed by atoms with E-state index in [9.17, 15) is 4.79 Å². The van der Waals surface area contributed by atoms with Crippen molar-refractivity contribution in [2.24, 2.45) is 5.10 Å². The number of carbonyl (C=O) groups is 1. The number of anilines is 1. The monoisotopic (exact) mass is 402 g/mol. The Bertz CT molecular complexity index is 1060.